The number of pyridine rings is 1. The molecule has 2 aromatic rings. The van der Waals surface area contributed by atoms with Crippen LogP contribution in [-0.2, 0) is 0 Å². The zero-order valence-corrected chi connectivity index (χ0v) is 14.5. The number of rotatable bonds is 5. The summed E-state index contributed by atoms with van der Waals surface area (Å²) in [5, 5.41) is 0. The van der Waals surface area contributed by atoms with Gasteiger partial charge in [-0.1, -0.05) is 23.3 Å². The van der Waals surface area contributed by atoms with Crippen LogP contribution >= 0.6 is 0 Å². The molecule has 0 radical (unpaired) electrons. The first-order chi connectivity index (χ1) is 11.6. The fraction of sp³-hybridized carbons (Fsp3) is 0.400. The van der Waals surface area contributed by atoms with Crippen molar-refractivity contribution in [3.05, 3.63) is 59.3 Å². The largest absolute Gasteiger partial charge is 0.354 e. The van der Waals surface area contributed by atoms with Crippen LogP contribution in [0.15, 0.2) is 42.6 Å². The molecule has 1 aliphatic heterocycles. The molecule has 2 heterocycles. The summed E-state index contributed by atoms with van der Waals surface area (Å²) in [5.74, 6) is 1.29. The van der Waals surface area contributed by atoms with E-state index < -0.39 is 0 Å². The number of anilines is 1. The van der Waals surface area contributed by atoms with Gasteiger partial charge in [0, 0.05) is 50.9 Å². The van der Waals surface area contributed by atoms with E-state index in [4.69, 9.17) is 0 Å². The SMILES string of the molecule is Cc1cc(C)cc(C(=O)CCN2CCN(c3ccccn3)CC2)c1. The topological polar surface area (TPSA) is 36.4 Å². The lowest BCUT2D eigenvalue weighted by molar-refractivity contribution is 0.0962. The Kier molecular flexibility index (Phi) is 5.26. The van der Waals surface area contributed by atoms with Crippen LogP contribution in [-0.4, -0.2) is 48.4 Å². The fourth-order valence-electron chi connectivity index (χ4n) is 3.28. The molecule has 1 aromatic carbocycles. The molecular weight excluding hydrogens is 298 g/mol. The fourth-order valence-corrected chi connectivity index (χ4v) is 3.28. The number of aryl methyl sites for hydroxylation is 2. The quantitative estimate of drug-likeness (QED) is 0.792. The number of benzene rings is 1. The minimum atomic E-state index is 0.244. The van der Waals surface area contributed by atoms with E-state index in [1.807, 2.05) is 44.3 Å². The Balaban J connectivity index is 1.49. The predicted molar refractivity (Wildman–Crippen MR) is 97.8 cm³/mol. The molecule has 4 nitrogen and oxygen atoms in total. The molecule has 24 heavy (non-hydrogen) atoms. The van der Waals surface area contributed by atoms with Crippen molar-refractivity contribution < 1.29 is 4.79 Å². The van der Waals surface area contributed by atoms with Crippen molar-refractivity contribution in [3.63, 3.8) is 0 Å². The standard InChI is InChI=1S/C20H25N3O/c1-16-13-17(2)15-18(14-16)19(24)6-8-22-9-11-23(12-10-22)20-5-3-4-7-21-20/h3-5,7,13-15H,6,8-12H2,1-2H3. The lowest BCUT2D eigenvalue weighted by Gasteiger charge is -2.35. The van der Waals surface area contributed by atoms with E-state index in [0.717, 1.165) is 55.2 Å². The average Bonchev–Trinajstić information content (AvgIpc) is 2.60. The summed E-state index contributed by atoms with van der Waals surface area (Å²) in [5.41, 5.74) is 3.16. The van der Waals surface area contributed by atoms with E-state index in [-0.39, 0.29) is 5.78 Å². The molecule has 0 aliphatic carbocycles. The Morgan fingerprint density at radius 1 is 1.04 bits per heavy atom. The summed E-state index contributed by atoms with van der Waals surface area (Å²) in [7, 11) is 0. The van der Waals surface area contributed by atoms with Gasteiger partial charge in [0.25, 0.3) is 0 Å². The van der Waals surface area contributed by atoms with E-state index in [1.54, 1.807) is 0 Å². The summed E-state index contributed by atoms with van der Waals surface area (Å²) < 4.78 is 0. The molecule has 0 spiro atoms. The zero-order valence-electron chi connectivity index (χ0n) is 14.5. The molecule has 1 aliphatic rings. The van der Waals surface area contributed by atoms with Gasteiger partial charge in [0.1, 0.15) is 5.82 Å². The van der Waals surface area contributed by atoms with Gasteiger partial charge < -0.3 is 4.90 Å². The number of carbonyl (C=O) groups is 1. The third-order valence-electron chi connectivity index (χ3n) is 4.54. The van der Waals surface area contributed by atoms with Gasteiger partial charge in [-0.3, -0.25) is 9.69 Å². The minimum absolute atomic E-state index is 0.244. The number of hydrogen-bond acceptors (Lipinski definition) is 4. The third kappa shape index (κ3) is 4.20. The van der Waals surface area contributed by atoms with Crippen molar-refractivity contribution in [1.29, 1.82) is 0 Å². The molecule has 0 bridgehead atoms. The smallest absolute Gasteiger partial charge is 0.164 e. The maximum atomic E-state index is 12.4. The first-order valence-corrected chi connectivity index (χ1v) is 8.61. The van der Waals surface area contributed by atoms with Gasteiger partial charge in [-0.05, 0) is 38.1 Å². The molecule has 1 aromatic heterocycles. The second-order valence-corrected chi connectivity index (χ2v) is 6.57. The molecule has 0 atom stereocenters. The molecule has 0 saturated carbocycles. The molecule has 126 valence electrons. The Labute approximate surface area is 144 Å². The second kappa shape index (κ2) is 7.58. The van der Waals surface area contributed by atoms with E-state index in [1.165, 1.54) is 0 Å². The number of hydrogen-bond donors (Lipinski definition) is 0. The number of ketones is 1. The monoisotopic (exact) mass is 323 g/mol. The molecule has 0 unspecified atom stereocenters. The van der Waals surface area contributed by atoms with Crippen molar-refractivity contribution in [2.24, 2.45) is 0 Å². The van der Waals surface area contributed by atoms with Gasteiger partial charge >= 0.3 is 0 Å². The molecular formula is C20H25N3O. The van der Waals surface area contributed by atoms with Crippen LogP contribution in [0.25, 0.3) is 0 Å². The Hall–Kier alpha value is -2.20. The molecule has 3 rings (SSSR count). The summed E-state index contributed by atoms with van der Waals surface area (Å²) >= 11 is 0. The highest BCUT2D eigenvalue weighted by Gasteiger charge is 2.18. The summed E-state index contributed by atoms with van der Waals surface area (Å²) in [6.45, 7) is 8.82. The highest BCUT2D eigenvalue weighted by Crippen LogP contribution is 2.14. The van der Waals surface area contributed by atoms with Gasteiger partial charge in [0.15, 0.2) is 5.78 Å². The van der Waals surface area contributed by atoms with E-state index in [9.17, 15) is 4.79 Å². The van der Waals surface area contributed by atoms with Crippen molar-refractivity contribution in [2.45, 2.75) is 20.3 Å². The van der Waals surface area contributed by atoms with E-state index in [0.29, 0.717) is 6.42 Å². The Morgan fingerprint density at radius 3 is 2.38 bits per heavy atom. The van der Waals surface area contributed by atoms with Gasteiger partial charge in [0.2, 0.25) is 0 Å². The lowest BCUT2D eigenvalue weighted by Crippen LogP contribution is -2.47. The lowest BCUT2D eigenvalue weighted by atomic mass is 10.0. The van der Waals surface area contributed by atoms with Crippen LogP contribution in [0.2, 0.25) is 0 Å². The highest BCUT2D eigenvalue weighted by molar-refractivity contribution is 5.96. The van der Waals surface area contributed by atoms with Gasteiger partial charge in [-0.25, -0.2) is 4.98 Å². The van der Waals surface area contributed by atoms with Crippen LogP contribution < -0.4 is 4.90 Å². The maximum Gasteiger partial charge on any atom is 0.164 e. The van der Waals surface area contributed by atoms with Crippen LogP contribution in [0, 0.1) is 13.8 Å². The van der Waals surface area contributed by atoms with Gasteiger partial charge in [0.05, 0.1) is 0 Å². The van der Waals surface area contributed by atoms with Crippen LogP contribution in [0.1, 0.15) is 27.9 Å². The summed E-state index contributed by atoms with van der Waals surface area (Å²) in [6.07, 6.45) is 2.43. The van der Waals surface area contributed by atoms with Crippen molar-refractivity contribution in [3.8, 4) is 0 Å². The van der Waals surface area contributed by atoms with Crippen LogP contribution in [0.4, 0.5) is 5.82 Å². The summed E-state index contributed by atoms with van der Waals surface area (Å²) in [6, 6.07) is 12.1. The molecule has 1 saturated heterocycles. The number of aromatic nitrogens is 1. The average molecular weight is 323 g/mol. The number of Topliss-reactive ketones (excluding diaryl/α,β-unsaturated/α-hetero) is 1. The molecule has 1 fully saturated rings. The second-order valence-electron chi connectivity index (χ2n) is 6.57. The molecule has 4 heteroatoms. The van der Waals surface area contributed by atoms with Crippen molar-refractivity contribution in [1.82, 2.24) is 9.88 Å². The highest BCUT2D eigenvalue weighted by atomic mass is 16.1. The van der Waals surface area contributed by atoms with E-state index in [2.05, 4.69) is 26.9 Å². The first kappa shape index (κ1) is 16.7. The van der Waals surface area contributed by atoms with Crippen molar-refractivity contribution in [2.75, 3.05) is 37.6 Å². The number of carbonyl (C=O) groups excluding carboxylic acids is 1. The van der Waals surface area contributed by atoms with Crippen LogP contribution in [0.3, 0.4) is 0 Å². The van der Waals surface area contributed by atoms with Crippen molar-refractivity contribution >= 4 is 11.6 Å². The van der Waals surface area contributed by atoms with E-state index >= 15 is 0 Å². The summed E-state index contributed by atoms with van der Waals surface area (Å²) in [4.78, 5) is 21.5. The normalized spacial score (nSPS) is 15.5. The maximum absolute atomic E-state index is 12.4. The zero-order chi connectivity index (χ0) is 16.9. The molecule has 0 N–H and O–H groups in total. The van der Waals surface area contributed by atoms with Crippen LogP contribution in [0.5, 0.6) is 0 Å². The molecule has 0 amide bonds. The Bertz CT molecular complexity index is 671. The predicted octanol–water partition coefficient (Wildman–Crippen LogP) is 3.09. The van der Waals surface area contributed by atoms with Gasteiger partial charge in [-0.15, -0.1) is 0 Å². The first-order valence-electron chi connectivity index (χ1n) is 8.61. The third-order valence-corrected chi connectivity index (χ3v) is 4.54. The minimum Gasteiger partial charge on any atom is -0.354 e. The van der Waals surface area contributed by atoms with Gasteiger partial charge in [-0.2, -0.15) is 0 Å². The number of nitrogens with zero attached hydrogens (tertiary/aromatic N) is 3. The number of piperazine rings is 1. The Morgan fingerprint density at radius 2 is 1.75 bits per heavy atom.